The third-order valence-electron chi connectivity index (χ3n) is 6.34. The van der Waals surface area contributed by atoms with Crippen molar-refractivity contribution >= 4 is 11.6 Å². The van der Waals surface area contributed by atoms with Crippen molar-refractivity contribution in [2.75, 3.05) is 5.32 Å². The van der Waals surface area contributed by atoms with Crippen LogP contribution in [0.1, 0.15) is 46.8 Å². The molecule has 5 rings (SSSR count). The number of carbonyl (C=O) groups is 1. The third kappa shape index (κ3) is 4.00. The molecule has 2 aromatic carbocycles. The van der Waals surface area contributed by atoms with Gasteiger partial charge in [0.05, 0.1) is 11.3 Å². The highest BCUT2D eigenvalue weighted by Gasteiger charge is 2.20. The summed E-state index contributed by atoms with van der Waals surface area (Å²) in [6.45, 7) is 4.50. The van der Waals surface area contributed by atoms with Crippen LogP contribution in [-0.2, 0) is 13.0 Å². The lowest BCUT2D eigenvalue weighted by Crippen LogP contribution is -2.14. The molecular weight excluding hydrogens is 436 g/mol. The van der Waals surface area contributed by atoms with Crippen LogP contribution in [-0.4, -0.2) is 25.2 Å². The van der Waals surface area contributed by atoms with E-state index in [4.69, 9.17) is 0 Å². The highest BCUT2D eigenvalue weighted by Crippen LogP contribution is 2.28. The van der Waals surface area contributed by atoms with Crippen molar-refractivity contribution < 1.29 is 13.6 Å². The van der Waals surface area contributed by atoms with Crippen LogP contribution in [0.4, 0.5) is 14.5 Å². The fourth-order valence-corrected chi connectivity index (χ4v) is 4.63. The zero-order valence-corrected chi connectivity index (χ0v) is 19.1. The Morgan fingerprint density at radius 1 is 0.971 bits per heavy atom. The van der Waals surface area contributed by atoms with Crippen LogP contribution in [0, 0.1) is 25.5 Å². The Hall–Kier alpha value is -3.81. The molecule has 1 amide bonds. The lowest BCUT2D eigenvalue weighted by Gasteiger charge is -2.12. The molecule has 6 nitrogen and oxygen atoms in total. The maximum Gasteiger partial charge on any atom is 0.257 e. The zero-order valence-electron chi connectivity index (χ0n) is 19.1. The molecule has 0 atom stereocenters. The minimum absolute atomic E-state index is 0.0834. The first-order valence-electron chi connectivity index (χ1n) is 11.4. The quantitative estimate of drug-likeness (QED) is 0.430. The number of aryl methyl sites for hydroxylation is 2. The number of hydrogen-bond acceptors (Lipinski definition) is 3. The maximum absolute atomic E-state index is 14.7. The van der Waals surface area contributed by atoms with Crippen LogP contribution < -0.4 is 5.32 Å². The summed E-state index contributed by atoms with van der Waals surface area (Å²) in [6, 6.07) is 12.4. The number of fused-ring (bicyclic) bond motifs is 1. The van der Waals surface area contributed by atoms with Crippen molar-refractivity contribution in [3.05, 3.63) is 82.9 Å². The first-order valence-corrected chi connectivity index (χ1v) is 11.4. The highest BCUT2D eigenvalue weighted by atomic mass is 19.1. The van der Waals surface area contributed by atoms with Gasteiger partial charge in [0, 0.05) is 35.6 Å². The molecule has 1 aliphatic heterocycles. The van der Waals surface area contributed by atoms with E-state index in [-0.39, 0.29) is 11.5 Å². The Morgan fingerprint density at radius 3 is 2.56 bits per heavy atom. The summed E-state index contributed by atoms with van der Waals surface area (Å²) >= 11 is 0. The molecule has 174 valence electrons. The predicted octanol–water partition coefficient (Wildman–Crippen LogP) is 5.61. The summed E-state index contributed by atoms with van der Waals surface area (Å²) in [5.74, 6) is 0.347. The second-order valence-electron chi connectivity index (χ2n) is 8.65. The number of rotatable bonds is 4. The molecule has 1 N–H and O–H groups in total. The first-order chi connectivity index (χ1) is 16.4. The fraction of sp³-hybridized carbons (Fsp3) is 0.269. The van der Waals surface area contributed by atoms with Crippen molar-refractivity contribution in [1.29, 1.82) is 0 Å². The smallest absolute Gasteiger partial charge is 0.257 e. The number of benzene rings is 2. The number of halogens is 2. The highest BCUT2D eigenvalue weighted by molar-refractivity contribution is 6.05. The molecule has 0 bridgehead atoms. The Bertz CT molecular complexity index is 1370. The van der Waals surface area contributed by atoms with Crippen LogP contribution in [0.5, 0.6) is 0 Å². The molecule has 0 unspecified atom stereocenters. The lowest BCUT2D eigenvalue weighted by atomic mass is 10.1. The Kier molecular flexibility index (Phi) is 5.73. The molecule has 0 saturated carbocycles. The normalized spacial score (nSPS) is 13.4. The average molecular weight is 462 g/mol. The monoisotopic (exact) mass is 461 g/mol. The van der Waals surface area contributed by atoms with Gasteiger partial charge in [-0.05, 0) is 75.2 Å². The number of carbonyl (C=O) groups excluding carboxylic acids is 1. The number of aromatic nitrogens is 4. The van der Waals surface area contributed by atoms with Crippen LogP contribution in [0.25, 0.3) is 17.1 Å². The van der Waals surface area contributed by atoms with Gasteiger partial charge in [0.15, 0.2) is 5.82 Å². The molecule has 0 radical (unpaired) electrons. The summed E-state index contributed by atoms with van der Waals surface area (Å²) in [5.41, 5.74) is 3.45. The number of nitrogens with zero attached hydrogens (tertiary/aromatic N) is 4. The van der Waals surface area contributed by atoms with Crippen LogP contribution >= 0.6 is 0 Å². The van der Waals surface area contributed by atoms with E-state index in [2.05, 4.69) is 20.1 Å². The minimum atomic E-state index is -0.528. The largest absolute Gasteiger partial charge is 0.319 e. The predicted molar refractivity (Wildman–Crippen MR) is 126 cm³/mol. The van der Waals surface area contributed by atoms with Gasteiger partial charge in [-0.15, -0.1) is 10.2 Å². The summed E-state index contributed by atoms with van der Waals surface area (Å²) in [4.78, 5) is 13.1. The first kappa shape index (κ1) is 22.0. The van der Waals surface area contributed by atoms with E-state index in [9.17, 15) is 13.6 Å². The molecule has 8 heteroatoms. The standard InChI is InChI=1S/C26H25F2N5O/c1-16-14-21(17(2)33(16)20-10-8-19(27)9-11-20)26(34)29-23-15-18(7-12-22(23)28)25-31-30-24-6-4-3-5-13-32(24)25/h7-12,14-15H,3-6,13H2,1-2H3,(H,29,34). The fourth-order valence-electron chi connectivity index (χ4n) is 4.63. The van der Waals surface area contributed by atoms with Crippen molar-refractivity contribution in [3.63, 3.8) is 0 Å². The van der Waals surface area contributed by atoms with Crippen molar-refractivity contribution in [2.24, 2.45) is 0 Å². The molecular formula is C26H25F2N5O. The van der Waals surface area contributed by atoms with E-state index in [1.165, 1.54) is 18.2 Å². The number of amides is 1. The summed E-state index contributed by atoms with van der Waals surface area (Å²) in [7, 11) is 0. The van der Waals surface area contributed by atoms with Gasteiger partial charge in [-0.25, -0.2) is 8.78 Å². The van der Waals surface area contributed by atoms with Crippen LogP contribution in [0.15, 0.2) is 48.5 Å². The van der Waals surface area contributed by atoms with E-state index >= 15 is 0 Å². The Labute approximate surface area is 196 Å². The Morgan fingerprint density at radius 2 is 1.76 bits per heavy atom. The molecule has 0 aliphatic carbocycles. The molecule has 0 saturated heterocycles. The number of nitrogens with one attached hydrogen (secondary N) is 1. The van der Waals surface area contributed by atoms with Crippen molar-refractivity contribution in [3.8, 4) is 17.1 Å². The van der Waals surface area contributed by atoms with E-state index < -0.39 is 11.7 Å². The summed E-state index contributed by atoms with van der Waals surface area (Å²) in [6.07, 6.45) is 4.15. The van der Waals surface area contributed by atoms with Gasteiger partial charge < -0.3 is 14.5 Å². The maximum atomic E-state index is 14.7. The van der Waals surface area contributed by atoms with Gasteiger partial charge in [0.2, 0.25) is 0 Å². The van der Waals surface area contributed by atoms with E-state index in [1.807, 2.05) is 18.4 Å². The number of anilines is 1. The minimum Gasteiger partial charge on any atom is -0.319 e. The molecule has 1 aliphatic rings. The van der Waals surface area contributed by atoms with Crippen LogP contribution in [0.3, 0.4) is 0 Å². The summed E-state index contributed by atoms with van der Waals surface area (Å²) < 4.78 is 32.0. The van der Waals surface area contributed by atoms with E-state index in [0.29, 0.717) is 22.6 Å². The molecule has 2 aromatic heterocycles. The summed E-state index contributed by atoms with van der Waals surface area (Å²) in [5, 5.41) is 11.4. The van der Waals surface area contributed by atoms with E-state index in [0.717, 1.165) is 49.4 Å². The second kappa shape index (κ2) is 8.85. The van der Waals surface area contributed by atoms with Gasteiger partial charge in [-0.3, -0.25) is 4.79 Å². The third-order valence-corrected chi connectivity index (χ3v) is 6.34. The zero-order chi connectivity index (χ0) is 23.8. The van der Waals surface area contributed by atoms with Gasteiger partial charge >= 0.3 is 0 Å². The Balaban J connectivity index is 1.45. The second-order valence-corrected chi connectivity index (χ2v) is 8.65. The van der Waals surface area contributed by atoms with Crippen LogP contribution in [0.2, 0.25) is 0 Å². The average Bonchev–Trinajstić information content (AvgIpc) is 3.26. The van der Waals surface area contributed by atoms with Gasteiger partial charge in [-0.1, -0.05) is 6.42 Å². The molecule has 4 aromatic rings. The lowest BCUT2D eigenvalue weighted by molar-refractivity contribution is 0.102. The van der Waals surface area contributed by atoms with Gasteiger partial charge in [0.1, 0.15) is 17.5 Å². The van der Waals surface area contributed by atoms with Gasteiger partial charge in [-0.2, -0.15) is 0 Å². The molecule has 34 heavy (non-hydrogen) atoms. The molecule has 3 heterocycles. The van der Waals surface area contributed by atoms with Gasteiger partial charge in [0.25, 0.3) is 5.91 Å². The molecule has 0 spiro atoms. The number of hydrogen-bond donors (Lipinski definition) is 1. The topological polar surface area (TPSA) is 64.7 Å². The van der Waals surface area contributed by atoms with E-state index in [1.54, 1.807) is 30.3 Å². The molecule has 0 fully saturated rings. The van der Waals surface area contributed by atoms with Crippen molar-refractivity contribution in [1.82, 2.24) is 19.3 Å². The SMILES string of the molecule is Cc1cc(C(=O)Nc2cc(-c3nnc4n3CCCCC4)ccc2F)c(C)n1-c1ccc(F)cc1. The van der Waals surface area contributed by atoms with Crippen molar-refractivity contribution in [2.45, 2.75) is 46.1 Å².